The average Bonchev–Trinajstić information content (AvgIpc) is 2.12. The molecule has 0 spiro atoms. The molecule has 1 saturated carbocycles. The van der Waals surface area contributed by atoms with E-state index in [0.29, 0.717) is 0 Å². The Hall–Kier alpha value is -0.170. The van der Waals surface area contributed by atoms with Gasteiger partial charge in [-0.2, -0.15) is 13.1 Å². The molecule has 66 valence electrons. The lowest BCUT2D eigenvalue weighted by atomic mass is 10.2. The number of hydrogen-bond acceptors (Lipinski definition) is 3. The highest BCUT2D eigenvalue weighted by Gasteiger charge is 2.26. The fourth-order valence-electron chi connectivity index (χ4n) is 1.35. The zero-order valence-electron chi connectivity index (χ0n) is 6.16. The van der Waals surface area contributed by atoms with E-state index in [0.717, 1.165) is 19.3 Å². The van der Waals surface area contributed by atoms with E-state index in [1.165, 1.54) is 0 Å². The summed E-state index contributed by atoms with van der Waals surface area (Å²) in [5.74, 6) is 0. The molecule has 6 heteroatoms. The van der Waals surface area contributed by atoms with E-state index in [4.69, 9.17) is 10.9 Å². The van der Waals surface area contributed by atoms with Crippen molar-refractivity contribution < 1.29 is 8.42 Å². The largest absolute Gasteiger partial charge is 0.326 e. The van der Waals surface area contributed by atoms with Crippen molar-refractivity contribution in [1.29, 1.82) is 0 Å². The number of nitrogens with two attached hydrogens (primary N) is 2. The highest BCUT2D eigenvalue weighted by Crippen LogP contribution is 2.16. The molecule has 5 nitrogen and oxygen atoms in total. The topological polar surface area (TPSA) is 98.2 Å². The molecule has 0 saturated heterocycles. The van der Waals surface area contributed by atoms with Crippen LogP contribution in [0.5, 0.6) is 0 Å². The maximum absolute atomic E-state index is 10.5. The summed E-state index contributed by atoms with van der Waals surface area (Å²) in [4.78, 5) is 0. The first kappa shape index (κ1) is 8.92. The zero-order valence-corrected chi connectivity index (χ0v) is 6.97. The Morgan fingerprint density at radius 3 is 2.36 bits per heavy atom. The van der Waals surface area contributed by atoms with Crippen LogP contribution < -0.4 is 15.6 Å². The van der Waals surface area contributed by atoms with Gasteiger partial charge in [0, 0.05) is 12.1 Å². The number of rotatable bonds is 2. The quantitative estimate of drug-likeness (QED) is 0.489. The molecule has 2 atom stereocenters. The maximum Gasteiger partial charge on any atom is 0.274 e. The summed E-state index contributed by atoms with van der Waals surface area (Å²) in [6.45, 7) is 0. The third kappa shape index (κ3) is 2.74. The van der Waals surface area contributed by atoms with Gasteiger partial charge >= 0.3 is 0 Å². The molecule has 0 aliphatic heterocycles. The Kier molecular flexibility index (Phi) is 2.48. The van der Waals surface area contributed by atoms with Crippen molar-refractivity contribution in [2.24, 2.45) is 10.9 Å². The van der Waals surface area contributed by atoms with Crippen LogP contribution in [-0.4, -0.2) is 20.5 Å². The predicted molar refractivity (Wildman–Crippen MR) is 41.9 cm³/mol. The molecular formula is C5H13N3O2S. The van der Waals surface area contributed by atoms with Crippen LogP contribution in [-0.2, 0) is 10.2 Å². The summed E-state index contributed by atoms with van der Waals surface area (Å²) in [5, 5.41) is 4.78. The van der Waals surface area contributed by atoms with Gasteiger partial charge in [0.25, 0.3) is 10.2 Å². The molecule has 5 N–H and O–H groups in total. The van der Waals surface area contributed by atoms with Crippen LogP contribution >= 0.6 is 0 Å². The number of nitrogens with one attached hydrogen (secondary N) is 1. The van der Waals surface area contributed by atoms with E-state index in [9.17, 15) is 8.42 Å². The monoisotopic (exact) mass is 179 g/mol. The normalized spacial score (nSPS) is 32.5. The van der Waals surface area contributed by atoms with Crippen LogP contribution in [0.4, 0.5) is 0 Å². The van der Waals surface area contributed by atoms with Gasteiger partial charge < -0.3 is 5.73 Å². The van der Waals surface area contributed by atoms with Crippen molar-refractivity contribution in [1.82, 2.24) is 4.72 Å². The minimum absolute atomic E-state index is 0.0756. The molecule has 0 heterocycles. The molecule has 11 heavy (non-hydrogen) atoms. The fourth-order valence-corrected chi connectivity index (χ4v) is 2.06. The van der Waals surface area contributed by atoms with E-state index < -0.39 is 10.2 Å². The first-order valence-corrected chi connectivity index (χ1v) is 5.09. The Balaban J connectivity index is 2.50. The second kappa shape index (κ2) is 3.06. The molecule has 0 aromatic rings. The van der Waals surface area contributed by atoms with Crippen LogP contribution in [0.3, 0.4) is 0 Å². The third-order valence-corrected chi connectivity index (χ3v) is 2.52. The Morgan fingerprint density at radius 1 is 1.36 bits per heavy atom. The predicted octanol–water partition coefficient (Wildman–Crippen LogP) is -1.34. The van der Waals surface area contributed by atoms with Crippen LogP contribution in [0.1, 0.15) is 19.3 Å². The van der Waals surface area contributed by atoms with Gasteiger partial charge in [-0.15, -0.1) is 0 Å². The van der Waals surface area contributed by atoms with Crippen LogP contribution in [0.25, 0.3) is 0 Å². The molecule has 1 rings (SSSR count). The first-order chi connectivity index (χ1) is 4.99. The van der Waals surface area contributed by atoms with Crippen LogP contribution in [0.2, 0.25) is 0 Å². The van der Waals surface area contributed by atoms with E-state index in [2.05, 4.69) is 4.72 Å². The van der Waals surface area contributed by atoms with Crippen LogP contribution in [0, 0.1) is 0 Å². The van der Waals surface area contributed by atoms with Gasteiger partial charge in [-0.3, -0.25) is 0 Å². The van der Waals surface area contributed by atoms with Gasteiger partial charge in [-0.1, -0.05) is 6.42 Å². The lowest BCUT2D eigenvalue weighted by Crippen LogP contribution is -2.46. The summed E-state index contributed by atoms with van der Waals surface area (Å²) < 4.78 is 23.4. The standard InChI is InChI=1S/C5H13N3O2S/c6-4-2-1-3-5(4)8-11(7,9)10/h4-5,8H,1-3,6H2,(H2,7,9,10). The van der Waals surface area contributed by atoms with Crippen LogP contribution in [0.15, 0.2) is 0 Å². The molecule has 0 bridgehead atoms. The summed E-state index contributed by atoms with van der Waals surface area (Å²) >= 11 is 0. The molecule has 1 aliphatic rings. The molecular weight excluding hydrogens is 166 g/mol. The van der Waals surface area contributed by atoms with E-state index in [-0.39, 0.29) is 12.1 Å². The van der Waals surface area contributed by atoms with E-state index >= 15 is 0 Å². The Morgan fingerprint density at radius 2 is 2.00 bits per heavy atom. The third-order valence-electron chi connectivity index (χ3n) is 1.89. The maximum atomic E-state index is 10.5. The molecule has 1 aliphatic carbocycles. The highest BCUT2D eigenvalue weighted by atomic mass is 32.2. The molecule has 1 fully saturated rings. The van der Waals surface area contributed by atoms with Crippen molar-refractivity contribution in [3.63, 3.8) is 0 Å². The van der Waals surface area contributed by atoms with Gasteiger partial charge in [0.1, 0.15) is 0 Å². The molecule has 0 radical (unpaired) electrons. The highest BCUT2D eigenvalue weighted by molar-refractivity contribution is 7.87. The van der Waals surface area contributed by atoms with Crippen molar-refractivity contribution in [2.75, 3.05) is 0 Å². The van der Waals surface area contributed by atoms with Gasteiger partial charge in [0.05, 0.1) is 0 Å². The molecule has 0 aromatic heterocycles. The summed E-state index contributed by atoms with van der Waals surface area (Å²) in [6.07, 6.45) is 2.62. The van der Waals surface area contributed by atoms with Crippen molar-refractivity contribution >= 4 is 10.2 Å². The van der Waals surface area contributed by atoms with Crippen molar-refractivity contribution in [3.8, 4) is 0 Å². The minimum Gasteiger partial charge on any atom is -0.326 e. The van der Waals surface area contributed by atoms with Gasteiger partial charge in [0.15, 0.2) is 0 Å². The Labute approximate surface area is 66.3 Å². The lowest BCUT2D eigenvalue weighted by molar-refractivity contribution is 0.523. The van der Waals surface area contributed by atoms with Crippen molar-refractivity contribution in [2.45, 2.75) is 31.3 Å². The first-order valence-electron chi connectivity index (χ1n) is 3.54. The lowest BCUT2D eigenvalue weighted by Gasteiger charge is -2.14. The Bertz CT molecular complexity index is 226. The van der Waals surface area contributed by atoms with E-state index in [1.54, 1.807) is 0 Å². The van der Waals surface area contributed by atoms with E-state index in [1.807, 2.05) is 0 Å². The fraction of sp³-hybridized carbons (Fsp3) is 1.00. The molecule has 2 unspecified atom stereocenters. The number of hydrogen-bond donors (Lipinski definition) is 3. The zero-order chi connectivity index (χ0) is 8.48. The van der Waals surface area contributed by atoms with Gasteiger partial charge in [-0.25, -0.2) is 5.14 Å². The summed E-state index contributed by atoms with van der Waals surface area (Å²) in [5.41, 5.74) is 5.60. The van der Waals surface area contributed by atoms with Gasteiger partial charge in [0.2, 0.25) is 0 Å². The summed E-state index contributed by atoms with van der Waals surface area (Å²) in [7, 11) is -3.57. The smallest absolute Gasteiger partial charge is 0.274 e. The van der Waals surface area contributed by atoms with Crippen molar-refractivity contribution in [3.05, 3.63) is 0 Å². The van der Waals surface area contributed by atoms with Gasteiger partial charge in [-0.05, 0) is 12.8 Å². The second-order valence-electron chi connectivity index (χ2n) is 2.86. The second-order valence-corrected chi connectivity index (χ2v) is 4.19. The average molecular weight is 179 g/mol. The minimum atomic E-state index is -3.57. The summed E-state index contributed by atoms with van der Waals surface area (Å²) in [6, 6.07) is -0.238. The SMILES string of the molecule is NC1CCCC1NS(N)(=O)=O. The molecule has 0 aromatic carbocycles. The molecule has 0 amide bonds.